The van der Waals surface area contributed by atoms with Crippen molar-refractivity contribution in [1.82, 2.24) is 10.2 Å². The van der Waals surface area contributed by atoms with Crippen molar-refractivity contribution in [2.24, 2.45) is 0 Å². The van der Waals surface area contributed by atoms with Crippen LogP contribution in [0, 0.1) is 6.92 Å². The van der Waals surface area contributed by atoms with Crippen LogP contribution in [0.4, 0.5) is 0 Å². The van der Waals surface area contributed by atoms with Crippen LogP contribution in [0.25, 0.3) is 0 Å². The Balaban J connectivity index is 1.76. The largest absolute Gasteiger partial charge is 0.494 e. The number of unbranched alkanes of at least 4 members (excludes halogenated alkanes) is 1. The number of nitrogens with zero attached hydrogens (tertiary/aromatic N) is 1. The summed E-state index contributed by atoms with van der Waals surface area (Å²) in [5.74, 6) is 1.07. The molecule has 0 bridgehead atoms. The summed E-state index contributed by atoms with van der Waals surface area (Å²) in [6.07, 6.45) is 3.65. The molecule has 20 heavy (non-hydrogen) atoms. The van der Waals surface area contributed by atoms with Crippen molar-refractivity contribution in [1.29, 1.82) is 0 Å². The van der Waals surface area contributed by atoms with Gasteiger partial charge >= 0.3 is 0 Å². The Labute approximate surface area is 123 Å². The Kier molecular flexibility index (Phi) is 6.34. The van der Waals surface area contributed by atoms with Crippen LogP contribution in [-0.4, -0.2) is 44.2 Å². The first-order valence-corrected chi connectivity index (χ1v) is 7.95. The zero-order valence-electron chi connectivity index (χ0n) is 13.0. The second-order valence-electron chi connectivity index (χ2n) is 5.59. The lowest BCUT2D eigenvalue weighted by Crippen LogP contribution is -2.43. The Morgan fingerprint density at radius 3 is 2.75 bits per heavy atom. The van der Waals surface area contributed by atoms with Gasteiger partial charge in [-0.25, -0.2) is 0 Å². The summed E-state index contributed by atoms with van der Waals surface area (Å²) in [7, 11) is 0. The molecule has 3 heteroatoms. The summed E-state index contributed by atoms with van der Waals surface area (Å²) >= 11 is 0. The predicted molar refractivity (Wildman–Crippen MR) is 84.6 cm³/mol. The maximum absolute atomic E-state index is 5.72. The molecule has 0 saturated carbocycles. The molecule has 3 nitrogen and oxygen atoms in total. The molecule has 2 rings (SSSR count). The Morgan fingerprint density at radius 2 is 2.00 bits per heavy atom. The molecular formula is C17H28N2O. The molecule has 0 unspecified atom stereocenters. The first kappa shape index (κ1) is 15.3. The zero-order valence-corrected chi connectivity index (χ0v) is 13.0. The fourth-order valence-corrected chi connectivity index (χ4v) is 2.79. The summed E-state index contributed by atoms with van der Waals surface area (Å²) in [6.45, 7) is 10.9. The second kappa shape index (κ2) is 8.28. The first-order chi connectivity index (χ1) is 9.79. The molecule has 0 spiro atoms. The molecule has 0 atom stereocenters. The van der Waals surface area contributed by atoms with Gasteiger partial charge in [0.05, 0.1) is 6.61 Å². The molecule has 1 aromatic carbocycles. The smallest absolute Gasteiger partial charge is 0.122 e. The maximum Gasteiger partial charge on any atom is 0.122 e. The maximum atomic E-state index is 5.72. The molecule has 0 radical (unpaired) electrons. The third kappa shape index (κ3) is 4.80. The number of rotatable bonds is 7. The van der Waals surface area contributed by atoms with Crippen LogP contribution in [0.15, 0.2) is 18.2 Å². The highest BCUT2D eigenvalue weighted by Gasteiger charge is 2.09. The Hall–Kier alpha value is -1.06. The summed E-state index contributed by atoms with van der Waals surface area (Å²) in [4.78, 5) is 2.57. The van der Waals surface area contributed by atoms with Crippen LogP contribution in [0.1, 0.15) is 30.9 Å². The minimum atomic E-state index is 0.747. The van der Waals surface area contributed by atoms with Crippen LogP contribution in [0.5, 0.6) is 5.75 Å². The van der Waals surface area contributed by atoms with E-state index in [2.05, 4.69) is 35.3 Å². The van der Waals surface area contributed by atoms with Gasteiger partial charge in [-0.15, -0.1) is 0 Å². The van der Waals surface area contributed by atoms with Crippen molar-refractivity contribution < 1.29 is 4.74 Å². The van der Waals surface area contributed by atoms with Crippen LogP contribution in [-0.2, 0) is 6.42 Å². The summed E-state index contributed by atoms with van der Waals surface area (Å²) in [6, 6.07) is 6.52. The van der Waals surface area contributed by atoms with E-state index in [1.54, 1.807) is 0 Å². The molecule has 1 aromatic rings. The molecule has 1 heterocycles. The highest BCUT2D eigenvalue weighted by Crippen LogP contribution is 2.22. The van der Waals surface area contributed by atoms with Gasteiger partial charge < -0.3 is 15.0 Å². The number of nitrogens with one attached hydrogen (secondary N) is 1. The third-order valence-corrected chi connectivity index (χ3v) is 3.90. The number of ether oxygens (including phenoxy) is 1. The van der Waals surface area contributed by atoms with Gasteiger partial charge in [-0.1, -0.05) is 17.7 Å². The molecule has 0 aliphatic carbocycles. The van der Waals surface area contributed by atoms with Gasteiger partial charge in [-0.2, -0.15) is 0 Å². The highest BCUT2D eigenvalue weighted by atomic mass is 16.5. The fraction of sp³-hybridized carbons (Fsp3) is 0.647. The van der Waals surface area contributed by atoms with Gasteiger partial charge in [0.25, 0.3) is 0 Å². The molecule has 112 valence electrons. The summed E-state index contributed by atoms with van der Waals surface area (Å²) in [5.41, 5.74) is 2.69. The van der Waals surface area contributed by atoms with E-state index in [9.17, 15) is 0 Å². The molecule has 1 aliphatic heterocycles. The average molecular weight is 276 g/mol. The van der Waals surface area contributed by atoms with Crippen LogP contribution in [0.3, 0.4) is 0 Å². The van der Waals surface area contributed by atoms with Crippen LogP contribution < -0.4 is 10.1 Å². The van der Waals surface area contributed by atoms with Crippen molar-refractivity contribution in [3.63, 3.8) is 0 Å². The lowest BCUT2D eigenvalue weighted by molar-refractivity contribution is 0.236. The van der Waals surface area contributed by atoms with E-state index in [-0.39, 0.29) is 0 Å². The molecule has 1 fully saturated rings. The summed E-state index contributed by atoms with van der Waals surface area (Å²) in [5, 5.41) is 3.40. The van der Waals surface area contributed by atoms with E-state index < -0.39 is 0 Å². The van der Waals surface area contributed by atoms with Crippen LogP contribution in [0.2, 0.25) is 0 Å². The fourth-order valence-electron chi connectivity index (χ4n) is 2.79. The topological polar surface area (TPSA) is 24.5 Å². The highest BCUT2D eigenvalue weighted by molar-refractivity contribution is 5.37. The van der Waals surface area contributed by atoms with Crippen molar-refractivity contribution in [3.8, 4) is 5.75 Å². The van der Waals surface area contributed by atoms with Gasteiger partial charge in [0.2, 0.25) is 0 Å². The standard InChI is InChI=1S/C17H28N2O/c1-3-20-17-8-7-15(2)14-16(17)6-4-5-11-19-12-9-18-10-13-19/h7-8,14,18H,3-6,9-13H2,1-2H3. The van der Waals surface area contributed by atoms with Crippen molar-refractivity contribution in [2.75, 3.05) is 39.3 Å². The predicted octanol–water partition coefficient (Wildman–Crippen LogP) is 2.62. The van der Waals surface area contributed by atoms with E-state index in [0.29, 0.717) is 0 Å². The van der Waals surface area contributed by atoms with E-state index in [0.717, 1.165) is 31.9 Å². The van der Waals surface area contributed by atoms with Gasteiger partial charge in [0, 0.05) is 26.2 Å². The van der Waals surface area contributed by atoms with E-state index in [4.69, 9.17) is 4.74 Å². The van der Waals surface area contributed by atoms with Crippen molar-refractivity contribution in [2.45, 2.75) is 33.1 Å². The molecule has 0 amide bonds. The van der Waals surface area contributed by atoms with Gasteiger partial charge in [-0.3, -0.25) is 0 Å². The molecule has 1 N–H and O–H groups in total. The number of hydrogen-bond acceptors (Lipinski definition) is 3. The minimum Gasteiger partial charge on any atom is -0.494 e. The SMILES string of the molecule is CCOc1ccc(C)cc1CCCCN1CCNCC1. The van der Waals surface area contributed by atoms with E-state index in [1.165, 1.54) is 43.6 Å². The van der Waals surface area contributed by atoms with Gasteiger partial charge in [-0.05, 0) is 51.3 Å². The minimum absolute atomic E-state index is 0.747. The third-order valence-electron chi connectivity index (χ3n) is 3.90. The monoisotopic (exact) mass is 276 g/mol. The molecule has 0 aromatic heterocycles. The lowest BCUT2D eigenvalue weighted by Gasteiger charge is -2.27. The number of benzene rings is 1. The van der Waals surface area contributed by atoms with Crippen LogP contribution >= 0.6 is 0 Å². The number of piperazine rings is 1. The summed E-state index contributed by atoms with van der Waals surface area (Å²) < 4.78 is 5.72. The number of hydrogen-bond donors (Lipinski definition) is 1. The quantitative estimate of drug-likeness (QED) is 0.775. The average Bonchev–Trinajstić information content (AvgIpc) is 2.47. The first-order valence-electron chi connectivity index (χ1n) is 7.95. The van der Waals surface area contributed by atoms with E-state index in [1.807, 2.05) is 6.92 Å². The second-order valence-corrected chi connectivity index (χ2v) is 5.59. The molecule has 1 aliphatic rings. The normalized spacial score (nSPS) is 16.3. The van der Waals surface area contributed by atoms with Gasteiger partial charge in [0.1, 0.15) is 5.75 Å². The van der Waals surface area contributed by atoms with Gasteiger partial charge in [0.15, 0.2) is 0 Å². The molecular weight excluding hydrogens is 248 g/mol. The van der Waals surface area contributed by atoms with Crippen molar-refractivity contribution >= 4 is 0 Å². The zero-order chi connectivity index (χ0) is 14.2. The van der Waals surface area contributed by atoms with Crippen molar-refractivity contribution in [3.05, 3.63) is 29.3 Å². The van der Waals surface area contributed by atoms with E-state index >= 15 is 0 Å². The molecule has 1 saturated heterocycles. The Morgan fingerprint density at radius 1 is 1.20 bits per heavy atom. The Bertz CT molecular complexity index is 400. The number of aryl methyl sites for hydroxylation is 2. The lowest BCUT2D eigenvalue weighted by atomic mass is 10.0.